The first-order valence-corrected chi connectivity index (χ1v) is 14.0. The molecule has 2 aromatic carbocycles. The molecule has 1 aliphatic heterocycles. The van der Waals surface area contributed by atoms with Gasteiger partial charge < -0.3 is 40.8 Å². The van der Waals surface area contributed by atoms with Gasteiger partial charge in [0.25, 0.3) is 5.91 Å². The van der Waals surface area contributed by atoms with Crippen molar-refractivity contribution in [3.05, 3.63) is 59.7 Å². The molecule has 1 aliphatic rings. The summed E-state index contributed by atoms with van der Waals surface area (Å²) in [5.74, 6) is 2.21. The first-order valence-electron chi connectivity index (χ1n) is 14.0. The third-order valence-electron chi connectivity index (χ3n) is 6.44. The molecule has 3 aromatic rings. The summed E-state index contributed by atoms with van der Waals surface area (Å²) < 4.78 is 15.9. The average molecular weight is 565 g/mol. The molecule has 41 heavy (non-hydrogen) atoms. The number of nitrogens with two attached hydrogens (primary N) is 1. The van der Waals surface area contributed by atoms with Crippen molar-refractivity contribution in [2.75, 3.05) is 75.2 Å². The number of ether oxygens (including phenoxy) is 3. The molecular weight excluding hydrogens is 524 g/mol. The maximum Gasteiger partial charge on any atom is 0.251 e. The minimum Gasteiger partial charge on any atom is -0.497 e. The highest BCUT2D eigenvalue weighted by atomic mass is 16.5. The molecular formula is C29H40N8O4. The van der Waals surface area contributed by atoms with Gasteiger partial charge in [-0.25, -0.2) is 0 Å². The molecule has 5 N–H and O–H groups in total. The molecule has 1 fully saturated rings. The second-order valence-electron chi connectivity index (χ2n) is 9.50. The van der Waals surface area contributed by atoms with E-state index >= 15 is 0 Å². The molecule has 1 aromatic heterocycles. The highest BCUT2D eigenvalue weighted by molar-refractivity contribution is 5.94. The smallest absolute Gasteiger partial charge is 0.251 e. The summed E-state index contributed by atoms with van der Waals surface area (Å²) in [6.07, 6.45) is 3.44. The maximum absolute atomic E-state index is 12.5. The second kappa shape index (κ2) is 16.3. The average Bonchev–Trinajstić information content (AvgIpc) is 3.02. The number of nitrogens with one attached hydrogen (secondary N) is 3. The number of hydrogen-bond donors (Lipinski definition) is 4. The number of rotatable bonds is 16. The normalized spacial score (nSPS) is 13.1. The summed E-state index contributed by atoms with van der Waals surface area (Å²) in [6, 6.07) is 15.0. The van der Waals surface area contributed by atoms with Crippen molar-refractivity contribution in [1.82, 2.24) is 20.3 Å². The quantitative estimate of drug-likeness (QED) is 0.190. The fourth-order valence-corrected chi connectivity index (χ4v) is 4.24. The Morgan fingerprint density at radius 1 is 0.878 bits per heavy atom. The van der Waals surface area contributed by atoms with E-state index in [2.05, 4.69) is 25.8 Å². The number of nitrogens with zero attached hydrogens (tertiary/aromatic N) is 4. The predicted molar refractivity (Wildman–Crippen MR) is 159 cm³/mol. The van der Waals surface area contributed by atoms with Gasteiger partial charge in [0, 0.05) is 44.0 Å². The highest BCUT2D eigenvalue weighted by Gasteiger charge is 2.17. The molecule has 220 valence electrons. The molecule has 0 atom stereocenters. The zero-order valence-electron chi connectivity index (χ0n) is 23.6. The SMILES string of the molecule is COc1ccc(CNc2nc(Nc3ccc(C(=O)NCCOCCOCCN)cc3)nc(N3CCCCC3)n2)cc1. The Balaban J connectivity index is 1.34. The number of aromatic nitrogens is 3. The van der Waals surface area contributed by atoms with Gasteiger partial charge in [-0.15, -0.1) is 0 Å². The molecule has 2 heterocycles. The van der Waals surface area contributed by atoms with Gasteiger partial charge in [0.2, 0.25) is 17.8 Å². The number of amides is 1. The molecule has 0 spiro atoms. The van der Waals surface area contributed by atoms with Gasteiger partial charge in [0.05, 0.1) is 33.5 Å². The summed E-state index contributed by atoms with van der Waals surface area (Å²) in [6.45, 7) is 5.16. The minimum absolute atomic E-state index is 0.169. The summed E-state index contributed by atoms with van der Waals surface area (Å²) in [5.41, 5.74) is 7.76. The van der Waals surface area contributed by atoms with Crippen LogP contribution < -0.4 is 31.3 Å². The van der Waals surface area contributed by atoms with Gasteiger partial charge in [-0.2, -0.15) is 15.0 Å². The largest absolute Gasteiger partial charge is 0.497 e. The number of carbonyl (C=O) groups excluding carboxylic acids is 1. The van der Waals surface area contributed by atoms with Crippen LogP contribution in [0.15, 0.2) is 48.5 Å². The Kier molecular flexibility index (Phi) is 11.9. The lowest BCUT2D eigenvalue weighted by Crippen LogP contribution is -2.31. The maximum atomic E-state index is 12.5. The summed E-state index contributed by atoms with van der Waals surface area (Å²) in [5, 5.41) is 9.45. The van der Waals surface area contributed by atoms with Crippen molar-refractivity contribution >= 4 is 29.4 Å². The van der Waals surface area contributed by atoms with Gasteiger partial charge in [-0.3, -0.25) is 4.79 Å². The van der Waals surface area contributed by atoms with Crippen LogP contribution in [0.1, 0.15) is 35.2 Å². The van der Waals surface area contributed by atoms with Gasteiger partial charge >= 0.3 is 0 Å². The van der Waals surface area contributed by atoms with Crippen LogP contribution in [-0.2, 0) is 16.0 Å². The highest BCUT2D eigenvalue weighted by Crippen LogP contribution is 2.22. The molecule has 0 unspecified atom stereocenters. The number of methoxy groups -OCH3 is 1. The molecule has 0 saturated carbocycles. The van der Waals surface area contributed by atoms with Crippen LogP contribution in [-0.4, -0.2) is 80.6 Å². The van der Waals surface area contributed by atoms with Crippen molar-refractivity contribution in [1.29, 1.82) is 0 Å². The van der Waals surface area contributed by atoms with Crippen LogP contribution in [0.2, 0.25) is 0 Å². The molecule has 0 radical (unpaired) electrons. The van der Waals surface area contributed by atoms with Crippen molar-refractivity contribution in [2.45, 2.75) is 25.8 Å². The van der Waals surface area contributed by atoms with Gasteiger partial charge in [0.1, 0.15) is 5.75 Å². The van der Waals surface area contributed by atoms with Crippen molar-refractivity contribution < 1.29 is 19.0 Å². The fraction of sp³-hybridized carbons (Fsp3) is 0.448. The zero-order chi connectivity index (χ0) is 28.7. The van der Waals surface area contributed by atoms with E-state index in [1.807, 2.05) is 36.4 Å². The zero-order valence-corrected chi connectivity index (χ0v) is 23.6. The Hall–Kier alpha value is -4.00. The van der Waals surface area contributed by atoms with Crippen molar-refractivity contribution in [3.63, 3.8) is 0 Å². The molecule has 12 heteroatoms. The van der Waals surface area contributed by atoms with Gasteiger partial charge in [-0.1, -0.05) is 12.1 Å². The van der Waals surface area contributed by atoms with Crippen LogP contribution in [0, 0.1) is 0 Å². The standard InChI is InChI=1S/C29H40N8O4/c1-39-25-11-5-22(6-12-25)21-32-27-34-28(36-29(35-27)37-15-3-2-4-16-37)33-24-9-7-23(8-10-24)26(38)31-14-18-41-20-19-40-17-13-30/h5-12H,2-4,13-21,30H2,1H3,(H,31,38)(H2,32,33,34,35,36). The molecule has 1 amide bonds. The number of carbonyl (C=O) groups is 1. The Morgan fingerprint density at radius 2 is 1.59 bits per heavy atom. The minimum atomic E-state index is -0.169. The molecule has 0 bridgehead atoms. The lowest BCUT2D eigenvalue weighted by atomic mass is 10.1. The van der Waals surface area contributed by atoms with Crippen LogP contribution in [0.5, 0.6) is 5.75 Å². The lowest BCUT2D eigenvalue weighted by Gasteiger charge is -2.27. The van der Waals surface area contributed by atoms with Gasteiger partial charge in [0.15, 0.2) is 0 Å². The molecule has 1 saturated heterocycles. The molecule has 12 nitrogen and oxygen atoms in total. The first kappa shape index (κ1) is 30.0. The van der Waals surface area contributed by atoms with E-state index in [-0.39, 0.29) is 5.91 Å². The Morgan fingerprint density at radius 3 is 2.29 bits per heavy atom. The van der Waals surface area contributed by atoms with E-state index in [9.17, 15) is 4.79 Å². The fourth-order valence-electron chi connectivity index (χ4n) is 4.24. The van der Waals surface area contributed by atoms with E-state index < -0.39 is 0 Å². The first-order chi connectivity index (χ1) is 20.1. The monoisotopic (exact) mass is 564 g/mol. The molecule has 4 rings (SSSR count). The van der Waals surface area contributed by atoms with Crippen LogP contribution in [0.3, 0.4) is 0 Å². The summed E-state index contributed by atoms with van der Waals surface area (Å²) >= 11 is 0. The Bertz CT molecular complexity index is 1200. The van der Waals surface area contributed by atoms with E-state index in [1.165, 1.54) is 6.42 Å². The van der Waals surface area contributed by atoms with E-state index in [0.717, 1.165) is 42.9 Å². The number of benzene rings is 2. The van der Waals surface area contributed by atoms with Crippen LogP contribution in [0.25, 0.3) is 0 Å². The summed E-state index contributed by atoms with van der Waals surface area (Å²) in [4.78, 5) is 28.7. The molecule has 0 aliphatic carbocycles. The van der Waals surface area contributed by atoms with Crippen molar-refractivity contribution in [3.8, 4) is 5.75 Å². The van der Waals surface area contributed by atoms with E-state index in [4.69, 9.17) is 29.9 Å². The van der Waals surface area contributed by atoms with Crippen LogP contribution >= 0.6 is 0 Å². The third-order valence-corrected chi connectivity index (χ3v) is 6.44. The summed E-state index contributed by atoms with van der Waals surface area (Å²) in [7, 11) is 1.65. The topological polar surface area (TPSA) is 149 Å². The number of hydrogen-bond acceptors (Lipinski definition) is 11. The van der Waals surface area contributed by atoms with Crippen molar-refractivity contribution in [2.24, 2.45) is 5.73 Å². The second-order valence-corrected chi connectivity index (χ2v) is 9.50. The lowest BCUT2D eigenvalue weighted by molar-refractivity contribution is 0.0511. The van der Waals surface area contributed by atoms with E-state index in [0.29, 0.717) is 69.5 Å². The Labute approximate surface area is 241 Å². The third kappa shape index (κ3) is 9.85. The number of anilines is 4. The van der Waals surface area contributed by atoms with E-state index in [1.54, 1.807) is 19.2 Å². The van der Waals surface area contributed by atoms with Gasteiger partial charge in [-0.05, 0) is 61.2 Å². The van der Waals surface area contributed by atoms with Crippen LogP contribution in [0.4, 0.5) is 23.5 Å². The predicted octanol–water partition coefficient (Wildman–Crippen LogP) is 2.95. The number of piperidine rings is 1.